The fourth-order valence-corrected chi connectivity index (χ4v) is 3.49. The molecule has 6 nitrogen and oxygen atoms in total. The van der Waals surface area contributed by atoms with Crippen LogP contribution in [0, 0.1) is 0 Å². The lowest BCUT2D eigenvalue weighted by Gasteiger charge is -2.09. The summed E-state index contributed by atoms with van der Waals surface area (Å²) in [6, 6.07) is 12.0. The molecule has 4 rings (SSSR count). The number of fused-ring (bicyclic) bond motifs is 2. The minimum atomic E-state index is -0.404. The zero-order valence-corrected chi connectivity index (χ0v) is 15.9. The highest BCUT2D eigenvalue weighted by molar-refractivity contribution is 6.08. The Bertz CT molecular complexity index is 1160. The van der Waals surface area contributed by atoms with Crippen molar-refractivity contribution in [3.8, 4) is 0 Å². The summed E-state index contributed by atoms with van der Waals surface area (Å²) in [5.74, 6) is -0.404. The number of aromatic nitrogens is 2. The van der Waals surface area contributed by atoms with Crippen molar-refractivity contribution < 1.29 is 14.4 Å². The minimum absolute atomic E-state index is 0.213. The Hall–Kier alpha value is -3.15. The van der Waals surface area contributed by atoms with Gasteiger partial charge < -0.3 is 14.0 Å². The molecule has 0 radical (unpaired) electrons. The Morgan fingerprint density at radius 1 is 1.11 bits per heavy atom. The predicted octanol–water partition coefficient (Wildman–Crippen LogP) is 4.03. The summed E-state index contributed by atoms with van der Waals surface area (Å²) in [6.45, 7) is 2.36. The molecule has 0 aliphatic heterocycles. The van der Waals surface area contributed by atoms with Gasteiger partial charge in [0.15, 0.2) is 5.36 Å². The first-order chi connectivity index (χ1) is 13.8. The summed E-state index contributed by atoms with van der Waals surface area (Å²) in [4.78, 5) is 21.7. The zero-order valence-electron chi connectivity index (χ0n) is 15.9. The number of carbonyl (C=O) groups excluding carboxylic acids is 1. The van der Waals surface area contributed by atoms with Crippen LogP contribution in [-0.2, 0) is 14.4 Å². The second-order valence-corrected chi connectivity index (χ2v) is 6.79. The summed E-state index contributed by atoms with van der Waals surface area (Å²) in [6.07, 6.45) is 8.01. The van der Waals surface area contributed by atoms with Crippen molar-refractivity contribution in [2.24, 2.45) is 5.16 Å². The molecule has 0 saturated carbocycles. The van der Waals surface area contributed by atoms with Gasteiger partial charge in [-0.25, -0.2) is 4.79 Å². The van der Waals surface area contributed by atoms with Gasteiger partial charge in [0.05, 0.1) is 17.6 Å². The van der Waals surface area contributed by atoms with Crippen LogP contribution in [0.15, 0.2) is 53.9 Å². The van der Waals surface area contributed by atoms with Crippen LogP contribution in [0.4, 0.5) is 0 Å². The van der Waals surface area contributed by atoms with Crippen LogP contribution < -0.4 is 5.36 Å². The summed E-state index contributed by atoms with van der Waals surface area (Å²) < 4.78 is 7.25. The van der Waals surface area contributed by atoms with E-state index in [0.29, 0.717) is 12.0 Å². The molecule has 0 aliphatic carbocycles. The van der Waals surface area contributed by atoms with Crippen LogP contribution in [0.1, 0.15) is 32.6 Å². The van der Waals surface area contributed by atoms with Gasteiger partial charge >= 0.3 is 5.97 Å². The van der Waals surface area contributed by atoms with Crippen molar-refractivity contribution in [3.05, 3.63) is 54.1 Å². The van der Waals surface area contributed by atoms with Gasteiger partial charge in [-0.2, -0.15) is 0 Å². The molecule has 0 amide bonds. The highest BCUT2D eigenvalue weighted by Gasteiger charge is 2.12. The number of pyridine rings is 2. The molecular weight excluding hydrogens is 354 g/mol. The molecule has 0 unspecified atom stereocenters. The third kappa shape index (κ3) is 3.50. The average Bonchev–Trinajstić information content (AvgIpc) is 3.20. The molecule has 28 heavy (non-hydrogen) atoms. The summed E-state index contributed by atoms with van der Waals surface area (Å²) in [5, 5.41) is 6.97. The van der Waals surface area contributed by atoms with Crippen molar-refractivity contribution in [2.45, 2.75) is 32.6 Å². The number of esters is 1. The minimum Gasteiger partial charge on any atom is -0.463 e. The lowest BCUT2D eigenvalue weighted by atomic mass is 10.1. The average molecular weight is 377 g/mol. The van der Waals surface area contributed by atoms with E-state index < -0.39 is 5.97 Å². The monoisotopic (exact) mass is 377 g/mol. The van der Waals surface area contributed by atoms with Gasteiger partial charge in [0.1, 0.15) is 5.52 Å². The molecule has 6 heteroatoms. The molecule has 1 aromatic carbocycles. The Morgan fingerprint density at radius 2 is 2.00 bits per heavy atom. The molecule has 0 aliphatic rings. The van der Waals surface area contributed by atoms with E-state index in [4.69, 9.17) is 9.57 Å². The first-order valence-electron chi connectivity index (χ1n) is 9.71. The summed E-state index contributed by atoms with van der Waals surface area (Å²) in [5.41, 5.74) is 2.70. The molecule has 0 fully saturated rings. The number of hydrogen-bond acceptors (Lipinski definition) is 5. The van der Waals surface area contributed by atoms with Crippen LogP contribution in [0.3, 0.4) is 0 Å². The van der Waals surface area contributed by atoms with Crippen molar-refractivity contribution >= 4 is 33.3 Å². The molecule has 0 atom stereocenters. The van der Waals surface area contributed by atoms with Crippen molar-refractivity contribution in [3.63, 3.8) is 0 Å². The molecule has 3 heterocycles. The Balaban J connectivity index is 1.59. The predicted molar refractivity (Wildman–Crippen MR) is 108 cm³/mol. The van der Waals surface area contributed by atoms with Crippen molar-refractivity contribution in [1.82, 2.24) is 9.38 Å². The third-order valence-corrected chi connectivity index (χ3v) is 4.84. The maximum atomic E-state index is 11.9. The fourth-order valence-electron chi connectivity index (χ4n) is 3.49. The van der Waals surface area contributed by atoms with Crippen LogP contribution in [0.25, 0.3) is 27.3 Å². The molecule has 3 aromatic heterocycles. The molecule has 0 spiro atoms. The Morgan fingerprint density at radius 3 is 2.89 bits per heavy atom. The fraction of sp³-hybridized carbons (Fsp3) is 0.318. The zero-order chi connectivity index (χ0) is 19.3. The Kier molecular flexibility index (Phi) is 5.37. The second-order valence-electron chi connectivity index (χ2n) is 6.79. The normalized spacial score (nSPS) is 12.2. The number of nitrogens with zero attached hydrogens (tertiary/aromatic N) is 3. The summed E-state index contributed by atoms with van der Waals surface area (Å²) in [7, 11) is 0. The number of hydrogen-bond donors (Lipinski definition) is 0. The maximum Gasteiger partial charge on any atom is 0.347 e. The molecule has 0 saturated heterocycles. The van der Waals surface area contributed by atoms with Gasteiger partial charge in [-0.15, -0.1) is 0 Å². The first kappa shape index (κ1) is 18.2. The lowest BCUT2D eigenvalue weighted by Crippen LogP contribution is -2.15. The van der Waals surface area contributed by atoms with Crippen LogP contribution in [0.5, 0.6) is 0 Å². The van der Waals surface area contributed by atoms with Gasteiger partial charge in [0.25, 0.3) is 0 Å². The van der Waals surface area contributed by atoms with E-state index >= 15 is 0 Å². The quantitative estimate of drug-likeness (QED) is 0.264. The smallest absolute Gasteiger partial charge is 0.347 e. The molecule has 0 bridgehead atoms. The molecular formula is C22H23N3O3. The van der Waals surface area contributed by atoms with E-state index in [9.17, 15) is 4.79 Å². The number of ether oxygens (including phenoxy) is 1. The molecule has 0 N–H and O–H groups in total. The number of carbonyl (C=O) groups is 1. The maximum absolute atomic E-state index is 11.9. The first-order valence-corrected chi connectivity index (χ1v) is 9.71. The molecule has 4 aromatic rings. The number of benzene rings is 1. The highest BCUT2D eigenvalue weighted by atomic mass is 16.6. The van der Waals surface area contributed by atoms with Crippen molar-refractivity contribution in [1.29, 1.82) is 0 Å². The van der Waals surface area contributed by atoms with Gasteiger partial charge in [-0.1, -0.05) is 43.5 Å². The van der Waals surface area contributed by atoms with E-state index in [-0.39, 0.29) is 6.61 Å². The van der Waals surface area contributed by atoms with Crippen molar-refractivity contribution in [2.75, 3.05) is 13.2 Å². The van der Waals surface area contributed by atoms with Crippen LogP contribution in [-0.4, -0.2) is 28.6 Å². The third-order valence-electron chi connectivity index (χ3n) is 4.84. The van der Waals surface area contributed by atoms with E-state index in [2.05, 4.69) is 27.5 Å². The van der Waals surface area contributed by atoms with Crippen LogP contribution >= 0.6 is 0 Å². The van der Waals surface area contributed by atoms with Crippen LogP contribution in [0.2, 0.25) is 0 Å². The van der Waals surface area contributed by atoms with E-state index in [1.165, 1.54) is 0 Å². The topological polar surface area (TPSA) is 65.2 Å². The SMILES string of the molecule is CCCCCCOC(=O)CON=c1c2nccc3cccc(c32)n2cccc12. The lowest BCUT2D eigenvalue weighted by molar-refractivity contribution is -0.149. The van der Waals surface area contributed by atoms with E-state index in [1.807, 2.05) is 36.5 Å². The number of unbranched alkanes of at least 4 members (excludes halogenated alkanes) is 3. The summed E-state index contributed by atoms with van der Waals surface area (Å²) >= 11 is 0. The van der Waals surface area contributed by atoms with E-state index in [1.54, 1.807) is 6.20 Å². The Labute approximate surface area is 162 Å². The van der Waals surface area contributed by atoms with Gasteiger partial charge in [-0.05, 0) is 36.1 Å². The van der Waals surface area contributed by atoms with Gasteiger partial charge in [0, 0.05) is 17.8 Å². The molecule has 144 valence electrons. The van der Waals surface area contributed by atoms with Gasteiger partial charge in [0.2, 0.25) is 6.61 Å². The largest absolute Gasteiger partial charge is 0.463 e. The number of rotatable bonds is 8. The standard InChI is InChI=1S/C22H23N3O3/c1-2-3-4-5-14-27-19(26)15-28-24-21-18-10-7-13-25(18)17-9-6-8-16-11-12-23-22(21)20(16)17/h6-13H,2-5,14-15H2,1H3. The second kappa shape index (κ2) is 8.25. The highest BCUT2D eigenvalue weighted by Crippen LogP contribution is 2.24. The van der Waals surface area contributed by atoms with Gasteiger partial charge in [-0.3, -0.25) is 4.98 Å². The van der Waals surface area contributed by atoms with E-state index in [0.717, 1.165) is 53.0 Å².